The average molecular weight is 418 g/mol. The van der Waals surface area contributed by atoms with Crippen LogP contribution in [0.25, 0.3) is 0 Å². The number of hydrogen-bond donors (Lipinski definition) is 1. The number of phenolic OH excluding ortho intramolecular Hbond substituents is 1. The molecule has 31 heavy (non-hydrogen) atoms. The van der Waals surface area contributed by atoms with Crippen molar-refractivity contribution in [2.45, 2.75) is 32.6 Å². The van der Waals surface area contributed by atoms with Crippen LogP contribution in [0.5, 0.6) is 17.2 Å². The fourth-order valence-corrected chi connectivity index (χ4v) is 3.06. The number of aliphatic imine (C=N–C) groups is 1. The average Bonchev–Trinajstić information content (AvgIpc) is 2.79. The number of hydrogen-bond acceptors (Lipinski definition) is 5. The molecule has 5 nitrogen and oxygen atoms in total. The van der Waals surface area contributed by atoms with Crippen molar-refractivity contribution in [3.05, 3.63) is 83.4 Å². The predicted octanol–water partition coefficient (Wildman–Crippen LogP) is 6.10. The lowest BCUT2D eigenvalue weighted by Crippen LogP contribution is -2.08. The molecule has 0 aliphatic carbocycles. The number of benzene rings is 3. The monoisotopic (exact) mass is 417 g/mol. The Kier molecular flexibility index (Phi) is 7.82. The number of unbranched alkanes of at least 4 members (excludes halogenated alkanes) is 2. The third kappa shape index (κ3) is 6.44. The first kappa shape index (κ1) is 22.1. The second-order valence-corrected chi connectivity index (χ2v) is 7.22. The van der Waals surface area contributed by atoms with Crippen LogP contribution in [0, 0.1) is 0 Å². The third-order valence-electron chi connectivity index (χ3n) is 4.90. The number of carbonyl (C=O) groups excluding carboxylic acids is 1. The Bertz CT molecular complexity index is 1020. The van der Waals surface area contributed by atoms with E-state index in [0.717, 1.165) is 12.1 Å². The molecule has 160 valence electrons. The minimum Gasteiger partial charge on any atom is -0.507 e. The van der Waals surface area contributed by atoms with E-state index in [0.29, 0.717) is 16.9 Å². The molecule has 0 aliphatic rings. The maximum Gasteiger partial charge on any atom is 0.343 e. The number of methoxy groups -OCH3 is 1. The predicted molar refractivity (Wildman–Crippen MR) is 123 cm³/mol. The zero-order valence-electron chi connectivity index (χ0n) is 17.9. The van der Waals surface area contributed by atoms with E-state index in [2.05, 4.69) is 24.0 Å². The first-order valence-corrected chi connectivity index (χ1v) is 10.4. The van der Waals surface area contributed by atoms with Gasteiger partial charge in [-0.25, -0.2) is 4.79 Å². The lowest BCUT2D eigenvalue weighted by molar-refractivity contribution is 0.0734. The zero-order chi connectivity index (χ0) is 22.1. The highest BCUT2D eigenvalue weighted by atomic mass is 16.5. The van der Waals surface area contributed by atoms with Gasteiger partial charge in [-0.3, -0.25) is 4.99 Å². The maximum atomic E-state index is 12.3. The van der Waals surface area contributed by atoms with Gasteiger partial charge in [0.15, 0.2) is 0 Å². The Labute approximate surface area is 183 Å². The summed E-state index contributed by atoms with van der Waals surface area (Å²) < 4.78 is 10.4. The van der Waals surface area contributed by atoms with Gasteiger partial charge in [0.25, 0.3) is 0 Å². The molecule has 3 rings (SSSR count). The number of esters is 1. The van der Waals surface area contributed by atoms with E-state index in [1.54, 1.807) is 49.7 Å². The Balaban J connectivity index is 1.61. The largest absolute Gasteiger partial charge is 0.507 e. The van der Waals surface area contributed by atoms with Crippen LogP contribution in [0.4, 0.5) is 5.69 Å². The van der Waals surface area contributed by atoms with Crippen LogP contribution >= 0.6 is 0 Å². The number of nitrogens with zero attached hydrogens (tertiary/aromatic N) is 1. The van der Waals surface area contributed by atoms with Gasteiger partial charge in [-0.05, 0) is 66.9 Å². The van der Waals surface area contributed by atoms with Gasteiger partial charge < -0.3 is 14.6 Å². The first-order valence-electron chi connectivity index (χ1n) is 10.4. The molecule has 0 saturated carbocycles. The molecule has 5 heteroatoms. The van der Waals surface area contributed by atoms with Crippen LogP contribution in [0.3, 0.4) is 0 Å². The molecule has 0 aliphatic heterocycles. The van der Waals surface area contributed by atoms with Gasteiger partial charge in [-0.1, -0.05) is 31.9 Å². The van der Waals surface area contributed by atoms with Crippen molar-refractivity contribution >= 4 is 17.9 Å². The molecule has 1 N–H and O–H groups in total. The van der Waals surface area contributed by atoms with Gasteiger partial charge in [0, 0.05) is 17.8 Å². The standard InChI is InChI=1S/C26H27NO4/c1-3-4-5-6-19-7-12-22(13-8-19)27-18-21-11-16-24(17-25(21)28)31-26(29)20-9-14-23(30-2)15-10-20/h7-18,28H,3-6H2,1-2H3. The van der Waals surface area contributed by atoms with Crippen LogP contribution in [0.15, 0.2) is 71.7 Å². The maximum absolute atomic E-state index is 12.3. The highest BCUT2D eigenvalue weighted by molar-refractivity contribution is 5.91. The Hall–Kier alpha value is -3.60. The molecule has 0 fully saturated rings. The lowest BCUT2D eigenvalue weighted by Gasteiger charge is -2.07. The van der Waals surface area contributed by atoms with Crippen LogP contribution in [0.1, 0.15) is 47.7 Å². The van der Waals surface area contributed by atoms with Gasteiger partial charge in [0.05, 0.1) is 18.4 Å². The summed E-state index contributed by atoms with van der Waals surface area (Å²) >= 11 is 0. The van der Waals surface area contributed by atoms with Crippen LogP contribution < -0.4 is 9.47 Å². The molecular weight excluding hydrogens is 390 g/mol. The summed E-state index contributed by atoms with van der Waals surface area (Å²) in [6.07, 6.45) is 6.32. The molecule has 0 bridgehead atoms. The van der Waals surface area contributed by atoms with Gasteiger partial charge in [0.2, 0.25) is 0 Å². The van der Waals surface area contributed by atoms with Crippen LogP contribution in [-0.2, 0) is 6.42 Å². The quantitative estimate of drug-likeness (QED) is 0.198. The van der Waals surface area contributed by atoms with E-state index < -0.39 is 5.97 Å². The van der Waals surface area contributed by atoms with Crippen molar-refractivity contribution in [3.8, 4) is 17.2 Å². The van der Waals surface area contributed by atoms with Crippen molar-refractivity contribution in [1.82, 2.24) is 0 Å². The normalized spacial score (nSPS) is 10.9. The van der Waals surface area contributed by atoms with Gasteiger partial charge in [-0.15, -0.1) is 0 Å². The van der Waals surface area contributed by atoms with Gasteiger partial charge >= 0.3 is 5.97 Å². The number of phenols is 1. The SMILES string of the molecule is CCCCCc1ccc(N=Cc2ccc(OC(=O)c3ccc(OC)cc3)cc2O)cc1. The highest BCUT2D eigenvalue weighted by Crippen LogP contribution is 2.24. The fraction of sp³-hybridized carbons (Fsp3) is 0.231. The third-order valence-corrected chi connectivity index (χ3v) is 4.90. The Morgan fingerprint density at radius 1 is 0.968 bits per heavy atom. The van der Waals surface area contributed by atoms with E-state index in [9.17, 15) is 9.90 Å². The number of ether oxygens (including phenoxy) is 2. The number of carbonyl (C=O) groups is 1. The summed E-state index contributed by atoms with van der Waals surface area (Å²) in [5.74, 6) is 0.387. The minimum absolute atomic E-state index is 0.0139. The summed E-state index contributed by atoms with van der Waals surface area (Å²) in [6.45, 7) is 2.20. The van der Waals surface area contributed by atoms with Crippen molar-refractivity contribution in [2.75, 3.05) is 7.11 Å². The van der Waals surface area contributed by atoms with Crippen molar-refractivity contribution < 1.29 is 19.4 Å². The molecule has 0 atom stereocenters. The van der Waals surface area contributed by atoms with E-state index >= 15 is 0 Å². The zero-order valence-corrected chi connectivity index (χ0v) is 17.9. The topological polar surface area (TPSA) is 68.1 Å². The Morgan fingerprint density at radius 3 is 2.32 bits per heavy atom. The van der Waals surface area contributed by atoms with E-state index in [1.165, 1.54) is 30.9 Å². The molecule has 0 heterocycles. The molecule has 0 saturated heterocycles. The smallest absolute Gasteiger partial charge is 0.343 e. The number of aromatic hydroxyl groups is 1. The molecule has 3 aromatic rings. The summed E-state index contributed by atoms with van der Waals surface area (Å²) in [4.78, 5) is 16.7. The summed E-state index contributed by atoms with van der Waals surface area (Å²) in [5.41, 5.74) is 3.05. The van der Waals surface area contributed by atoms with E-state index in [-0.39, 0.29) is 11.5 Å². The molecule has 0 spiro atoms. The Morgan fingerprint density at radius 2 is 1.68 bits per heavy atom. The molecule has 0 amide bonds. The second-order valence-electron chi connectivity index (χ2n) is 7.22. The van der Waals surface area contributed by atoms with Gasteiger partial charge in [-0.2, -0.15) is 0 Å². The molecular formula is C26H27NO4. The fourth-order valence-electron chi connectivity index (χ4n) is 3.06. The molecule has 0 aromatic heterocycles. The van der Waals surface area contributed by atoms with Crippen molar-refractivity contribution in [3.63, 3.8) is 0 Å². The van der Waals surface area contributed by atoms with E-state index in [1.807, 2.05) is 12.1 Å². The van der Waals surface area contributed by atoms with Gasteiger partial charge in [0.1, 0.15) is 17.2 Å². The summed E-state index contributed by atoms with van der Waals surface area (Å²) in [7, 11) is 1.56. The lowest BCUT2D eigenvalue weighted by atomic mass is 10.1. The molecule has 3 aromatic carbocycles. The number of rotatable bonds is 9. The molecule has 0 unspecified atom stereocenters. The van der Waals surface area contributed by atoms with Crippen molar-refractivity contribution in [1.29, 1.82) is 0 Å². The van der Waals surface area contributed by atoms with Crippen LogP contribution in [0.2, 0.25) is 0 Å². The number of aryl methyl sites for hydroxylation is 1. The summed E-state index contributed by atoms with van der Waals surface area (Å²) in [6, 6.07) is 19.4. The second kappa shape index (κ2) is 11.0. The minimum atomic E-state index is -0.512. The first-order chi connectivity index (χ1) is 15.1. The highest BCUT2D eigenvalue weighted by Gasteiger charge is 2.10. The van der Waals surface area contributed by atoms with E-state index in [4.69, 9.17) is 9.47 Å². The van der Waals surface area contributed by atoms with Crippen LogP contribution in [-0.4, -0.2) is 24.4 Å². The summed E-state index contributed by atoms with van der Waals surface area (Å²) in [5, 5.41) is 10.3. The van der Waals surface area contributed by atoms with Crippen molar-refractivity contribution in [2.24, 2.45) is 4.99 Å². The molecule has 0 radical (unpaired) electrons.